The van der Waals surface area contributed by atoms with E-state index >= 15 is 0 Å². The lowest BCUT2D eigenvalue weighted by molar-refractivity contribution is -0.159. The van der Waals surface area contributed by atoms with Crippen molar-refractivity contribution in [1.82, 2.24) is 5.32 Å². The molecule has 116 valence electrons. The van der Waals surface area contributed by atoms with Crippen molar-refractivity contribution in [3.05, 3.63) is 34.3 Å². The van der Waals surface area contributed by atoms with Gasteiger partial charge in [-0.05, 0) is 24.6 Å². The number of rotatable bonds is 2. The summed E-state index contributed by atoms with van der Waals surface area (Å²) in [4.78, 5) is 36.3. The highest BCUT2D eigenvalue weighted by Crippen LogP contribution is 2.48. The summed E-state index contributed by atoms with van der Waals surface area (Å²) >= 11 is 3.35. The second-order valence-corrected chi connectivity index (χ2v) is 6.53. The summed E-state index contributed by atoms with van der Waals surface area (Å²) in [6, 6.07) is 6.85. The highest BCUT2D eigenvalue weighted by molar-refractivity contribution is 9.10. The van der Waals surface area contributed by atoms with Crippen molar-refractivity contribution in [3.63, 3.8) is 0 Å². The smallest absolute Gasteiger partial charge is 0.326 e. The Kier molecular flexibility index (Phi) is 3.57. The molecule has 2 fully saturated rings. The zero-order chi connectivity index (χ0) is 16.1. The van der Waals surface area contributed by atoms with E-state index in [0.29, 0.717) is 0 Å². The Labute approximate surface area is 135 Å². The van der Waals surface area contributed by atoms with Gasteiger partial charge >= 0.3 is 17.9 Å². The fraction of sp³-hybridized carbons (Fsp3) is 0.400. The second-order valence-electron chi connectivity index (χ2n) is 5.61. The van der Waals surface area contributed by atoms with Crippen molar-refractivity contribution < 1.29 is 23.9 Å². The summed E-state index contributed by atoms with van der Waals surface area (Å²) in [5.41, 5.74) is -0.488. The number of carbonyl (C=O) groups excluding carboxylic acids is 3. The lowest BCUT2D eigenvalue weighted by atomic mass is 9.80. The Bertz CT molecular complexity index is 658. The minimum Gasteiger partial charge on any atom is -0.468 e. The molecule has 2 saturated heterocycles. The van der Waals surface area contributed by atoms with Gasteiger partial charge in [-0.3, -0.25) is 19.7 Å². The largest absolute Gasteiger partial charge is 0.468 e. The highest BCUT2D eigenvalue weighted by atomic mass is 79.9. The van der Waals surface area contributed by atoms with Crippen LogP contribution in [0, 0.1) is 11.8 Å². The average Bonchev–Trinajstić information content (AvgIpc) is 2.97. The fourth-order valence-electron chi connectivity index (χ4n) is 3.30. The lowest BCUT2D eigenvalue weighted by Gasteiger charge is -2.26. The summed E-state index contributed by atoms with van der Waals surface area (Å²) in [5, 5.41) is 3.11. The van der Waals surface area contributed by atoms with E-state index in [4.69, 9.17) is 9.47 Å². The standard InChI is InChI=1S/C15H14BrNO5/c1-15(14(20)21-2)10-9(12(18)22-13(10)19)11(17-15)7-3-5-8(16)6-4-7/h3-6,9-11,17H,1-2H3/t9-,10-,11-,15-/m0/s1. The van der Waals surface area contributed by atoms with Crippen molar-refractivity contribution in [1.29, 1.82) is 0 Å². The van der Waals surface area contributed by atoms with Crippen LogP contribution in [0.1, 0.15) is 18.5 Å². The van der Waals surface area contributed by atoms with Crippen LogP contribution in [0.4, 0.5) is 0 Å². The third-order valence-electron chi connectivity index (χ3n) is 4.36. The Morgan fingerprint density at radius 3 is 2.50 bits per heavy atom. The van der Waals surface area contributed by atoms with Crippen molar-refractivity contribution in [2.45, 2.75) is 18.5 Å². The minimum absolute atomic E-state index is 0.485. The molecule has 1 N–H and O–H groups in total. The van der Waals surface area contributed by atoms with Gasteiger partial charge in [-0.25, -0.2) is 0 Å². The molecular weight excluding hydrogens is 354 g/mol. The zero-order valence-corrected chi connectivity index (χ0v) is 13.5. The molecule has 0 unspecified atom stereocenters. The van der Waals surface area contributed by atoms with E-state index in [1.165, 1.54) is 7.11 Å². The molecule has 0 aromatic heterocycles. The van der Waals surface area contributed by atoms with Crippen LogP contribution in [-0.4, -0.2) is 30.6 Å². The Balaban J connectivity index is 2.06. The van der Waals surface area contributed by atoms with E-state index in [1.807, 2.05) is 24.3 Å². The molecule has 0 aliphatic carbocycles. The molecule has 2 aliphatic heterocycles. The molecule has 0 radical (unpaired) electrons. The summed E-state index contributed by atoms with van der Waals surface area (Å²) in [6.07, 6.45) is 0. The Morgan fingerprint density at radius 2 is 1.91 bits per heavy atom. The molecule has 0 spiro atoms. The van der Waals surface area contributed by atoms with E-state index in [1.54, 1.807) is 6.92 Å². The summed E-state index contributed by atoms with van der Waals surface area (Å²) < 4.78 is 10.5. The van der Waals surface area contributed by atoms with E-state index in [0.717, 1.165) is 10.0 Å². The average molecular weight is 368 g/mol. The van der Waals surface area contributed by atoms with Crippen LogP contribution in [0.5, 0.6) is 0 Å². The van der Waals surface area contributed by atoms with Gasteiger partial charge in [-0.15, -0.1) is 0 Å². The third kappa shape index (κ3) is 2.07. The molecule has 4 atom stereocenters. The number of hydrogen-bond donors (Lipinski definition) is 1. The van der Waals surface area contributed by atoms with Crippen molar-refractivity contribution in [2.75, 3.05) is 7.11 Å². The van der Waals surface area contributed by atoms with Gasteiger partial charge in [-0.2, -0.15) is 0 Å². The van der Waals surface area contributed by atoms with Gasteiger partial charge in [0.2, 0.25) is 0 Å². The van der Waals surface area contributed by atoms with Crippen LogP contribution in [0.15, 0.2) is 28.7 Å². The maximum atomic E-state index is 12.2. The molecule has 2 aliphatic rings. The monoisotopic (exact) mass is 367 g/mol. The minimum atomic E-state index is -1.29. The number of methoxy groups -OCH3 is 1. The maximum absolute atomic E-state index is 12.2. The highest BCUT2D eigenvalue weighted by Gasteiger charge is 2.66. The Morgan fingerprint density at radius 1 is 1.27 bits per heavy atom. The quantitative estimate of drug-likeness (QED) is 0.627. The van der Waals surface area contributed by atoms with Gasteiger partial charge in [0, 0.05) is 10.5 Å². The van der Waals surface area contributed by atoms with Crippen LogP contribution in [0.2, 0.25) is 0 Å². The lowest BCUT2D eigenvalue weighted by Crippen LogP contribution is -2.52. The molecule has 1 aromatic carbocycles. The molecule has 0 amide bonds. The first-order valence-electron chi connectivity index (χ1n) is 6.75. The summed E-state index contributed by atoms with van der Waals surface area (Å²) in [5.74, 6) is -3.51. The first-order chi connectivity index (χ1) is 10.4. The van der Waals surface area contributed by atoms with Crippen molar-refractivity contribution in [3.8, 4) is 0 Å². The molecule has 7 heteroatoms. The number of hydrogen-bond acceptors (Lipinski definition) is 6. The van der Waals surface area contributed by atoms with Gasteiger partial charge < -0.3 is 9.47 Å². The predicted molar refractivity (Wildman–Crippen MR) is 78.5 cm³/mol. The van der Waals surface area contributed by atoms with Crippen LogP contribution in [0.3, 0.4) is 0 Å². The second kappa shape index (κ2) is 5.17. The predicted octanol–water partition coefficient (Wildman–Crippen LogP) is 1.34. The van der Waals surface area contributed by atoms with Crippen LogP contribution in [-0.2, 0) is 23.9 Å². The summed E-state index contributed by atoms with van der Waals surface area (Å²) in [6.45, 7) is 1.56. The van der Waals surface area contributed by atoms with Gasteiger partial charge in [0.15, 0.2) is 0 Å². The van der Waals surface area contributed by atoms with Gasteiger partial charge in [0.25, 0.3) is 0 Å². The number of cyclic esters (lactones) is 2. The number of carbonyl (C=O) groups is 3. The SMILES string of the molecule is COC(=O)[C@@]1(C)N[C@@H](c2ccc(Br)cc2)[C@H]2C(=O)OC(=O)[C@H]21. The molecule has 3 rings (SSSR count). The maximum Gasteiger partial charge on any atom is 0.326 e. The fourth-order valence-corrected chi connectivity index (χ4v) is 3.56. The third-order valence-corrected chi connectivity index (χ3v) is 4.89. The van der Waals surface area contributed by atoms with Crippen molar-refractivity contribution in [2.24, 2.45) is 11.8 Å². The molecule has 22 heavy (non-hydrogen) atoms. The molecule has 0 bridgehead atoms. The number of esters is 3. The van der Waals surface area contributed by atoms with E-state index < -0.39 is 41.3 Å². The first kappa shape index (κ1) is 15.2. The van der Waals surface area contributed by atoms with E-state index in [9.17, 15) is 14.4 Å². The molecule has 2 heterocycles. The molecule has 1 aromatic rings. The Hall–Kier alpha value is -1.73. The number of fused-ring (bicyclic) bond motifs is 1. The van der Waals surface area contributed by atoms with Crippen LogP contribution < -0.4 is 5.32 Å². The van der Waals surface area contributed by atoms with Gasteiger partial charge in [0.05, 0.1) is 13.0 Å². The van der Waals surface area contributed by atoms with Gasteiger partial charge in [0.1, 0.15) is 11.5 Å². The molecular formula is C15H14BrNO5. The molecule has 0 saturated carbocycles. The van der Waals surface area contributed by atoms with Crippen molar-refractivity contribution >= 4 is 33.8 Å². The number of halogens is 1. The van der Waals surface area contributed by atoms with E-state index in [-0.39, 0.29) is 0 Å². The zero-order valence-electron chi connectivity index (χ0n) is 12.0. The topological polar surface area (TPSA) is 81.7 Å². The number of benzene rings is 1. The van der Waals surface area contributed by atoms with Gasteiger partial charge in [-0.1, -0.05) is 28.1 Å². The van der Waals surface area contributed by atoms with E-state index in [2.05, 4.69) is 21.2 Å². The number of nitrogens with one attached hydrogen (secondary N) is 1. The van der Waals surface area contributed by atoms with Crippen LogP contribution >= 0.6 is 15.9 Å². The molecule has 6 nitrogen and oxygen atoms in total. The normalized spacial score (nSPS) is 33.5. The van der Waals surface area contributed by atoms with Crippen LogP contribution in [0.25, 0.3) is 0 Å². The number of ether oxygens (including phenoxy) is 2. The first-order valence-corrected chi connectivity index (χ1v) is 7.55. The summed E-state index contributed by atoms with van der Waals surface area (Å²) in [7, 11) is 1.25.